The molecule has 0 spiro atoms. The van der Waals surface area contributed by atoms with Crippen LogP contribution in [0.25, 0.3) is 0 Å². The lowest BCUT2D eigenvalue weighted by Gasteiger charge is -2.37. The Morgan fingerprint density at radius 1 is 0.692 bits per heavy atom. The summed E-state index contributed by atoms with van der Waals surface area (Å²) in [7, 11) is 10.3. The zero-order valence-electron chi connectivity index (χ0n) is 17.3. The Morgan fingerprint density at radius 3 is 1.27 bits per heavy atom. The molecule has 0 aromatic heterocycles. The van der Waals surface area contributed by atoms with Crippen molar-refractivity contribution in [1.82, 2.24) is 24.5 Å². The maximum absolute atomic E-state index is 12.5. The van der Waals surface area contributed by atoms with Crippen molar-refractivity contribution in [2.75, 3.05) is 74.5 Å². The minimum Gasteiger partial charge on any atom is -0.341 e. The highest BCUT2D eigenvalue weighted by atomic mass is 16.2. The molecule has 2 amide bonds. The third kappa shape index (κ3) is 5.93. The molecule has 2 fully saturated rings. The molecule has 0 aromatic rings. The molecule has 2 saturated heterocycles. The summed E-state index contributed by atoms with van der Waals surface area (Å²) in [6.45, 7) is 3.94. The first-order valence-corrected chi connectivity index (χ1v) is 9.85. The van der Waals surface area contributed by atoms with Crippen LogP contribution in [0.4, 0.5) is 0 Å². The number of carbonyl (C=O) groups excluding carboxylic acids is 2. The van der Waals surface area contributed by atoms with Crippen LogP contribution < -0.4 is 0 Å². The van der Waals surface area contributed by atoms with Gasteiger partial charge in [-0.15, -0.1) is 0 Å². The Hall–Kier alpha value is -1.18. The van der Waals surface area contributed by atoms with Gasteiger partial charge in [0.05, 0.1) is 13.1 Å². The van der Waals surface area contributed by atoms with E-state index in [9.17, 15) is 9.59 Å². The summed E-state index contributed by atoms with van der Waals surface area (Å²) in [5, 5.41) is 0. The molecule has 7 nitrogen and oxygen atoms in total. The average Bonchev–Trinajstić information content (AvgIpc) is 2.61. The number of carbonyl (C=O) groups is 2. The quantitative estimate of drug-likeness (QED) is 0.663. The topological polar surface area (TPSA) is 50.3 Å². The van der Waals surface area contributed by atoms with Crippen molar-refractivity contribution in [2.45, 2.75) is 37.8 Å². The predicted molar refractivity (Wildman–Crippen MR) is 104 cm³/mol. The predicted octanol–water partition coefficient (Wildman–Crippen LogP) is 0.0234. The fourth-order valence-electron chi connectivity index (χ4n) is 3.98. The van der Waals surface area contributed by atoms with Gasteiger partial charge >= 0.3 is 0 Å². The van der Waals surface area contributed by atoms with Gasteiger partial charge < -0.3 is 19.6 Å². The highest BCUT2D eigenvalue weighted by Gasteiger charge is 2.27. The number of hydrogen-bond acceptors (Lipinski definition) is 5. The van der Waals surface area contributed by atoms with E-state index in [2.05, 4.69) is 38.0 Å². The monoisotopic (exact) mass is 367 g/mol. The van der Waals surface area contributed by atoms with Crippen molar-refractivity contribution in [3.63, 3.8) is 0 Å². The van der Waals surface area contributed by atoms with E-state index < -0.39 is 0 Å². The molecule has 0 N–H and O–H groups in total. The number of hydrogen-bond donors (Lipinski definition) is 0. The summed E-state index contributed by atoms with van der Waals surface area (Å²) < 4.78 is 0. The maximum atomic E-state index is 12.5. The Balaban J connectivity index is 1.70. The van der Waals surface area contributed by atoms with Gasteiger partial charge in [0.25, 0.3) is 0 Å². The average molecular weight is 368 g/mol. The van der Waals surface area contributed by atoms with Crippen molar-refractivity contribution >= 4 is 11.8 Å². The molecule has 0 aromatic carbocycles. The third-order valence-electron chi connectivity index (χ3n) is 5.91. The second-order valence-corrected chi connectivity index (χ2v) is 8.32. The maximum Gasteiger partial charge on any atom is 0.236 e. The van der Waals surface area contributed by atoms with Crippen LogP contribution in [0.5, 0.6) is 0 Å². The van der Waals surface area contributed by atoms with E-state index in [1.54, 1.807) is 0 Å². The minimum atomic E-state index is 0.142. The smallest absolute Gasteiger partial charge is 0.236 e. The molecule has 2 heterocycles. The number of amides is 2. The summed E-state index contributed by atoms with van der Waals surface area (Å²) in [5.41, 5.74) is 0. The highest BCUT2D eigenvalue weighted by Crippen LogP contribution is 2.15. The molecular formula is C19H37N5O2. The number of likely N-dealkylation sites (tertiary alicyclic amines) is 2. The fourth-order valence-corrected chi connectivity index (χ4v) is 3.98. The number of likely N-dealkylation sites (N-methyl/N-ethyl adjacent to an activating group) is 1. The lowest BCUT2D eigenvalue weighted by atomic mass is 10.0. The molecule has 0 unspecified atom stereocenters. The molecule has 0 bridgehead atoms. The van der Waals surface area contributed by atoms with Crippen LogP contribution in [0.3, 0.4) is 0 Å². The van der Waals surface area contributed by atoms with E-state index in [0.29, 0.717) is 25.2 Å². The van der Waals surface area contributed by atoms with Crippen molar-refractivity contribution in [3.05, 3.63) is 0 Å². The van der Waals surface area contributed by atoms with Gasteiger partial charge in [-0.2, -0.15) is 0 Å². The number of rotatable bonds is 6. The first-order chi connectivity index (χ1) is 12.3. The first-order valence-electron chi connectivity index (χ1n) is 9.85. The molecule has 0 radical (unpaired) electrons. The van der Waals surface area contributed by atoms with Crippen LogP contribution >= 0.6 is 0 Å². The zero-order valence-corrected chi connectivity index (χ0v) is 17.3. The molecule has 2 rings (SSSR count). The molecule has 26 heavy (non-hydrogen) atoms. The van der Waals surface area contributed by atoms with E-state index in [-0.39, 0.29) is 11.8 Å². The van der Waals surface area contributed by atoms with Gasteiger partial charge in [-0.1, -0.05) is 0 Å². The van der Waals surface area contributed by atoms with Crippen molar-refractivity contribution in [2.24, 2.45) is 0 Å². The van der Waals surface area contributed by atoms with Crippen LogP contribution in [-0.4, -0.2) is 123 Å². The molecule has 0 atom stereocenters. The molecule has 2 aliphatic rings. The first kappa shape index (κ1) is 21.1. The summed E-state index contributed by atoms with van der Waals surface area (Å²) in [6.07, 6.45) is 4.12. The van der Waals surface area contributed by atoms with Crippen molar-refractivity contribution in [1.29, 1.82) is 0 Å². The second kappa shape index (κ2) is 9.67. The van der Waals surface area contributed by atoms with E-state index >= 15 is 0 Å². The molecule has 0 saturated carbocycles. The van der Waals surface area contributed by atoms with E-state index in [4.69, 9.17) is 0 Å². The van der Waals surface area contributed by atoms with Crippen LogP contribution in [0.2, 0.25) is 0 Å². The standard InChI is InChI=1S/C19H37N5O2/c1-20(2)16-6-10-23(11-7-16)18(25)14-22(5)15-19(26)24-12-8-17(9-13-24)21(3)4/h16-17H,6-15H2,1-5H3. The second-order valence-electron chi connectivity index (χ2n) is 8.32. The van der Waals surface area contributed by atoms with Gasteiger partial charge in [-0.3, -0.25) is 14.5 Å². The minimum absolute atomic E-state index is 0.142. The molecule has 0 aliphatic carbocycles. The lowest BCUT2D eigenvalue weighted by Crippen LogP contribution is -2.50. The van der Waals surface area contributed by atoms with Gasteiger partial charge in [0, 0.05) is 38.3 Å². The van der Waals surface area contributed by atoms with E-state index in [0.717, 1.165) is 51.9 Å². The Kier molecular flexibility index (Phi) is 7.85. The highest BCUT2D eigenvalue weighted by molar-refractivity contribution is 5.81. The van der Waals surface area contributed by atoms with Crippen molar-refractivity contribution < 1.29 is 9.59 Å². The van der Waals surface area contributed by atoms with Gasteiger partial charge in [0.15, 0.2) is 0 Å². The molecule has 7 heteroatoms. The van der Waals surface area contributed by atoms with Crippen molar-refractivity contribution in [3.8, 4) is 0 Å². The summed E-state index contributed by atoms with van der Waals surface area (Å²) in [6, 6.07) is 1.15. The number of piperidine rings is 2. The zero-order chi connectivity index (χ0) is 19.3. The van der Waals surface area contributed by atoms with Crippen LogP contribution in [0.15, 0.2) is 0 Å². The van der Waals surface area contributed by atoms with Gasteiger partial charge in [0.1, 0.15) is 0 Å². The van der Waals surface area contributed by atoms with Gasteiger partial charge in [-0.25, -0.2) is 0 Å². The summed E-state index contributed by atoms with van der Waals surface area (Å²) >= 11 is 0. The molecular weight excluding hydrogens is 330 g/mol. The Bertz CT molecular complexity index is 425. The fraction of sp³-hybridized carbons (Fsp3) is 0.895. The van der Waals surface area contributed by atoms with Crippen LogP contribution in [0.1, 0.15) is 25.7 Å². The Morgan fingerprint density at radius 2 is 1.00 bits per heavy atom. The molecule has 150 valence electrons. The summed E-state index contributed by atoms with van der Waals surface area (Å²) in [5.74, 6) is 0.285. The molecule has 2 aliphatic heterocycles. The van der Waals surface area contributed by atoms with E-state index in [1.807, 2.05) is 21.7 Å². The largest absolute Gasteiger partial charge is 0.341 e. The summed E-state index contributed by atoms with van der Waals surface area (Å²) in [4.78, 5) is 35.2. The van der Waals surface area contributed by atoms with E-state index in [1.165, 1.54) is 0 Å². The lowest BCUT2D eigenvalue weighted by molar-refractivity contribution is -0.136. The Labute approximate surface area is 158 Å². The van der Waals surface area contributed by atoms with Crippen LogP contribution in [-0.2, 0) is 9.59 Å². The van der Waals surface area contributed by atoms with Gasteiger partial charge in [0.2, 0.25) is 11.8 Å². The van der Waals surface area contributed by atoms with Gasteiger partial charge in [-0.05, 0) is 60.9 Å². The SMILES string of the molecule is CN(CC(=O)N1CCC(N(C)C)CC1)CC(=O)N1CCC(N(C)C)CC1. The number of nitrogens with zero attached hydrogens (tertiary/aromatic N) is 5. The third-order valence-corrected chi connectivity index (χ3v) is 5.91. The van der Waals surface area contributed by atoms with Crippen LogP contribution in [0, 0.1) is 0 Å². The normalized spacial score (nSPS) is 20.5.